The number of rotatable bonds is 4. The molecule has 1 N–H and O–H groups in total. The van der Waals surface area contributed by atoms with Crippen molar-refractivity contribution in [2.75, 3.05) is 0 Å². The highest BCUT2D eigenvalue weighted by Crippen LogP contribution is 2.24. The molecule has 1 atom stereocenters. The van der Waals surface area contributed by atoms with E-state index in [1.54, 1.807) is 0 Å². The molecule has 1 saturated carbocycles. The number of hydrogen-bond acceptors (Lipinski definition) is 1. The van der Waals surface area contributed by atoms with Crippen LogP contribution in [-0.2, 0) is 0 Å². The molecule has 1 aliphatic carbocycles. The standard InChI is InChI=1S/C16H24BrN/c1-2-16(13-8-7-9-14(17)12-13)18-15-10-5-3-4-6-11-15/h7-9,12,15-16,18H,2-6,10-11H2,1H3. The molecule has 1 fully saturated rings. The number of hydrogen-bond donors (Lipinski definition) is 1. The molecule has 100 valence electrons. The minimum Gasteiger partial charge on any atom is -0.307 e. The highest BCUT2D eigenvalue weighted by molar-refractivity contribution is 9.10. The maximum Gasteiger partial charge on any atom is 0.0320 e. The summed E-state index contributed by atoms with van der Waals surface area (Å²) in [5.41, 5.74) is 1.41. The summed E-state index contributed by atoms with van der Waals surface area (Å²) in [4.78, 5) is 0. The molecule has 1 unspecified atom stereocenters. The van der Waals surface area contributed by atoms with Gasteiger partial charge in [-0.05, 0) is 37.0 Å². The molecule has 1 aromatic carbocycles. The third-order valence-electron chi connectivity index (χ3n) is 3.95. The van der Waals surface area contributed by atoms with Crippen molar-refractivity contribution in [3.05, 3.63) is 34.3 Å². The lowest BCUT2D eigenvalue weighted by Crippen LogP contribution is -2.32. The normalized spacial score (nSPS) is 19.4. The van der Waals surface area contributed by atoms with E-state index in [-0.39, 0.29) is 0 Å². The van der Waals surface area contributed by atoms with Gasteiger partial charge in [-0.25, -0.2) is 0 Å². The lowest BCUT2D eigenvalue weighted by Gasteiger charge is -2.24. The molecule has 1 aromatic rings. The van der Waals surface area contributed by atoms with Gasteiger partial charge in [-0.3, -0.25) is 0 Å². The van der Waals surface area contributed by atoms with Crippen molar-refractivity contribution in [3.8, 4) is 0 Å². The monoisotopic (exact) mass is 309 g/mol. The Kier molecular flexibility index (Phi) is 5.71. The van der Waals surface area contributed by atoms with E-state index in [4.69, 9.17) is 0 Å². The minimum absolute atomic E-state index is 0.505. The van der Waals surface area contributed by atoms with Crippen molar-refractivity contribution < 1.29 is 0 Å². The molecule has 0 heterocycles. The van der Waals surface area contributed by atoms with Gasteiger partial charge >= 0.3 is 0 Å². The molecule has 0 bridgehead atoms. The Balaban J connectivity index is 1.99. The van der Waals surface area contributed by atoms with E-state index in [0.29, 0.717) is 6.04 Å². The van der Waals surface area contributed by atoms with Crippen LogP contribution in [0.1, 0.15) is 63.5 Å². The van der Waals surface area contributed by atoms with E-state index in [1.807, 2.05) is 0 Å². The van der Waals surface area contributed by atoms with Gasteiger partial charge < -0.3 is 5.32 Å². The summed E-state index contributed by atoms with van der Waals surface area (Å²) in [6, 6.07) is 9.95. The first-order valence-electron chi connectivity index (χ1n) is 7.31. The van der Waals surface area contributed by atoms with Gasteiger partial charge in [0.1, 0.15) is 0 Å². The fourth-order valence-electron chi connectivity index (χ4n) is 2.90. The van der Waals surface area contributed by atoms with Crippen molar-refractivity contribution in [2.45, 2.75) is 64.0 Å². The Bertz CT molecular complexity index is 356. The summed E-state index contributed by atoms with van der Waals surface area (Å²) >= 11 is 3.57. The van der Waals surface area contributed by atoms with E-state index in [0.717, 1.165) is 12.5 Å². The Labute approximate surface area is 119 Å². The van der Waals surface area contributed by atoms with Crippen LogP contribution in [0.5, 0.6) is 0 Å². The van der Waals surface area contributed by atoms with Gasteiger partial charge in [0.25, 0.3) is 0 Å². The fraction of sp³-hybridized carbons (Fsp3) is 0.625. The van der Waals surface area contributed by atoms with Crippen LogP contribution < -0.4 is 5.32 Å². The first-order chi connectivity index (χ1) is 8.79. The highest BCUT2D eigenvalue weighted by atomic mass is 79.9. The van der Waals surface area contributed by atoms with Crippen molar-refractivity contribution in [1.82, 2.24) is 5.32 Å². The van der Waals surface area contributed by atoms with Crippen LogP contribution in [0, 0.1) is 0 Å². The highest BCUT2D eigenvalue weighted by Gasteiger charge is 2.17. The zero-order chi connectivity index (χ0) is 12.8. The summed E-state index contributed by atoms with van der Waals surface area (Å²) in [5, 5.41) is 3.87. The van der Waals surface area contributed by atoms with Gasteiger partial charge in [0, 0.05) is 16.6 Å². The fourth-order valence-corrected chi connectivity index (χ4v) is 3.32. The zero-order valence-corrected chi connectivity index (χ0v) is 12.9. The third kappa shape index (κ3) is 4.10. The maximum absolute atomic E-state index is 3.87. The van der Waals surface area contributed by atoms with E-state index in [2.05, 4.69) is 52.4 Å². The SMILES string of the molecule is CCC(NC1CCCCCC1)c1cccc(Br)c1. The quantitative estimate of drug-likeness (QED) is 0.753. The average Bonchev–Trinajstić information content (AvgIpc) is 2.64. The molecule has 1 aliphatic rings. The lowest BCUT2D eigenvalue weighted by molar-refractivity contribution is 0.392. The summed E-state index contributed by atoms with van der Waals surface area (Å²) < 4.78 is 1.18. The molecule has 0 aliphatic heterocycles. The van der Waals surface area contributed by atoms with Crippen molar-refractivity contribution >= 4 is 15.9 Å². The number of halogens is 1. The summed E-state index contributed by atoms with van der Waals surface area (Å²) in [5.74, 6) is 0. The van der Waals surface area contributed by atoms with Crippen LogP contribution >= 0.6 is 15.9 Å². The molecule has 2 rings (SSSR count). The summed E-state index contributed by atoms with van der Waals surface area (Å²) in [7, 11) is 0. The van der Waals surface area contributed by atoms with Gasteiger partial charge in [-0.1, -0.05) is 60.7 Å². The second kappa shape index (κ2) is 7.30. The van der Waals surface area contributed by atoms with E-state index in [9.17, 15) is 0 Å². The van der Waals surface area contributed by atoms with Crippen LogP contribution in [0.25, 0.3) is 0 Å². The number of nitrogens with one attached hydrogen (secondary N) is 1. The van der Waals surface area contributed by atoms with Crippen LogP contribution in [0.3, 0.4) is 0 Å². The molecule has 0 aromatic heterocycles. The Morgan fingerprint density at radius 3 is 2.56 bits per heavy atom. The average molecular weight is 310 g/mol. The second-order valence-electron chi connectivity index (χ2n) is 5.37. The topological polar surface area (TPSA) is 12.0 Å². The Hall–Kier alpha value is -0.340. The van der Waals surface area contributed by atoms with Gasteiger partial charge in [0.2, 0.25) is 0 Å². The summed E-state index contributed by atoms with van der Waals surface area (Å²) in [6.45, 7) is 2.27. The Morgan fingerprint density at radius 1 is 1.22 bits per heavy atom. The minimum atomic E-state index is 0.505. The van der Waals surface area contributed by atoms with Crippen molar-refractivity contribution in [1.29, 1.82) is 0 Å². The van der Waals surface area contributed by atoms with E-state index in [1.165, 1.54) is 48.6 Å². The molecule has 0 saturated heterocycles. The van der Waals surface area contributed by atoms with Gasteiger partial charge in [-0.15, -0.1) is 0 Å². The Morgan fingerprint density at radius 2 is 1.94 bits per heavy atom. The third-order valence-corrected chi connectivity index (χ3v) is 4.44. The largest absolute Gasteiger partial charge is 0.307 e. The molecule has 0 radical (unpaired) electrons. The van der Waals surface area contributed by atoms with Crippen molar-refractivity contribution in [3.63, 3.8) is 0 Å². The first kappa shape index (κ1) is 14.1. The van der Waals surface area contributed by atoms with Crippen LogP contribution in [0.4, 0.5) is 0 Å². The van der Waals surface area contributed by atoms with Crippen molar-refractivity contribution in [2.24, 2.45) is 0 Å². The second-order valence-corrected chi connectivity index (χ2v) is 6.29. The van der Waals surface area contributed by atoms with Crippen LogP contribution in [0.15, 0.2) is 28.7 Å². The molecular formula is C16H24BrN. The molecule has 2 heteroatoms. The lowest BCUT2D eigenvalue weighted by atomic mass is 10.0. The molecule has 0 spiro atoms. The van der Waals surface area contributed by atoms with Gasteiger partial charge in [0.15, 0.2) is 0 Å². The van der Waals surface area contributed by atoms with Gasteiger partial charge in [0.05, 0.1) is 0 Å². The molecule has 1 nitrogen and oxygen atoms in total. The predicted octanol–water partition coefficient (Wildman–Crippen LogP) is 5.21. The zero-order valence-electron chi connectivity index (χ0n) is 11.3. The smallest absolute Gasteiger partial charge is 0.0320 e. The van der Waals surface area contributed by atoms with E-state index >= 15 is 0 Å². The first-order valence-corrected chi connectivity index (χ1v) is 8.10. The maximum atomic E-state index is 3.87. The van der Waals surface area contributed by atoms with Crippen LogP contribution in [-0.4, -0.2) is 6.04 Å². The molecular weight excluding hydrogens is 286 g/mol. The van der Waals surface area contributed by atoms with E-state index < -0.39 is 0 Å². The van der Waals surface area contributed by atoms with Gasteiger partial charge in [-0.2, -0.15) is 0 Å². The molecule has 18 heavy (non-hydrogen) atoms. The predicted molar refractivity (Wildman–Crippen MR) is 81.8 cm³/mol. The number of benzene rings is 1. The summed E-state index contributed by atoms with van der Waals surface area (Å²) in [6.07, 6.45) is 9.50. The molecule has 0 amide bonds. The van der Waals surface area contributed by atoms with Crippen LogP contribution in [0.2, 0.25) is 0 Å².